The summed E-state index contributed by atoms with van der Waals surface area (Å²) >= 11 is 0. The normalized spacial score (nSPS) is 29.9. The van der Waals surface area contributed by atoms with Gasteiger partial charge in [0, 0.05) is 14.0 Å². The third-order valence-corrected chi connectivity index (χ3v) is 3.58. The third kappa shape index (κ3) is 4.30. The molecule has 0 radical (unpaired) electrons. The summed E-state index contributed by atoms with van der Waals surface area (Å²) in [6.07, 6.45) is -6.49. The number of aliphatic hydroxyl groups excluding tert-OH is 1. The van der Waals surface area contributed by atoms with Gasteiger partial charge in [-0.3, -0.25) is 4.79 Å². The number of benzene rings is 1. The molecule has 0 amide bonds. The molecule has 1 heterocycles. The van der Waals surface area contributed by atoms with E-state index in [0.717, 1.165) is 12.5 Å². The van der Waals surface area contributed by atoms with Gasteiger partial charge in [-0.1, -0.05) is 30.3 Å². The van der Waals surface area contributed by atoms with E-state index in [0.29, 0.717) is 0 Å². The Kier molecular flexibility index (Phi) is 6.27. The van der Waals surface area contributed by atoms with Crippen molar-refractivity contribution in [2.45, 2.75) is 44.2 Å². The lowest BCUT2D eigenvalue weighted by molar-refractivity contribution is -0.301. The molecule has 1 fully saturated rings. The van der Waals surface area contributed by atoms with Crippen LogP contribution in [0.5, 0.6) is 0 Å². The van der Waals surface area contributed by atoms with Gasteiger partial charge in [-0.05, 0) is 5.56 Å². The Bertz CT molecular complexity index is 560. The number of aliphatic carboxylic acids is 1. The number of carboxylic acid groups (broad SMARTS) is 1. The molecule has 5 atom stereocenters. The molecule has 0 spiro atoms. The molecule has 0 saturated carbocycles. The maximum Gasteiger partial charge on any atom is 0.335 e. The van der Waals surface area contributed by atoms with Crippen LogP contribution in [0.15, 0.2) is 30.3 Å². The van der Waals surface area contributed by atoms with Crippen LogP contribution in [0.3, 0.4) is 0 Å². The molecule has 0 unspecified atom stereocenters. The highest BCUT2D eigenvalue weighted by molar-refractivity contribution is 5.73. The van der Waals surface area contributed by atoms with E-state index in [4.69, 9.17) is 24.1 Å². The minimum atomic E-state index is -1.59. The maximum absolute atomic E-state index is 11.3. The molecule has 24 heavy (non-hydrogen) atoms. The van der Waals surface area contributed by atoms with E-state index >= 15 is 0 Å². The van der Waals surface area contributed by atoms with E-state index in [1.165, 1.54) is 7.11 Å². The molecular weight excluding hydrogens is 320 g/mol. The monoisotopic (exact) mass is 340 g/mol. The number of esters is 1. The zero-order chi connectivity index (χ0) is 17.7. The zero-order valence-electron chi connectivity index (χ0n) is 13.3. The minimum absolute atomic E-state index is 0.150. The average molecular weight is 340 g/mol. The van der Waals surface area contributed by atoms with Crippen molar-refractivity contribution in [3.05, 3.63) is 35.9 Å². The predicted octanol–water partition coefficient (Wildman–Crippen LogP) is 0.320. The molecule has 0 aromatic heterocycles. The van der Waals surface area contributed by atoms with Gasteiger partial charge in [0.15, 0.2) is 18.5 Å². The highest BCUT2D eigenvalue weighted by Gasteiger charge is 2.51. The fourth-order valence-corrected chi connectivity index (χ4v) is 2.49. The SMILES string of the molecule is CO[C@@H]1O[C@@H](C(=O)O)[C@@H](O)[C@H](OC(C)=O)[C@H]1OCc1ccccc1. The summed E-state index contributed by atoms with van der Waals surface area (Å²) in [5.41, 5.74) is 0.851. The Morgan fingerprint density at radius 2 is 1.88 bits per heavy atom. The molecule has 8 heteroatoms. The van der Waals surface area contributed by atoms with E-state index in [1.807, 2.05) is 30.3 Å². The van der Waals surface area contributed by atoms with E-state index < -0.39 is 42.6 Å². The molecule has 2 rings (SSSR count). The van der Waals surface area contributed by atoms with Crippen molar-refractivity contribution in [1.29, 1.82) is 0 Å². The fourth-order valence-electron chi connectivity index (χ4n) is 2.49. The van der Waals surface area contributed by atoms with Crippen LogP contribution < -0.4 is 0 Å². The number of ether oxygens (including phenoxy) is 4. The van der Waals surface area contributed by atoms with Crippen molar-refractivity contribution in [1.82, 2.24) is 0 Å². The summed E-state index contributed by atoms with van der Waals surface area (Å²) in [6, 6.07) is 9.20. The standard InChI is InChI=1S/C16H20O8/c1-9(17)23-12-11(18)13(15(19)20)24-16(21-2)14(12)22-8-10-6-4-3-5-7-10/h3-7,11-14,16,18H,8H2,1-2H3,(H,19,20)/t11-,12-,13+,14+,16+/m0/s1. The van der Waals surface area contributed by atoms with Crippen molar-refractivity contribution in [2.75, 3.05) is 7.11 Å². The van der Waals surface area contributed by atoms with Gasteiger partial charge in [0.25, 0.3) is 0 Å². The van der Waals surface area contributed by atoms with Crippen LogP contribution in [0.25, 0.3) is 0 Å². The lowest BCUT2D eigenvalue weighted by atomic mass is 9.98. The first-order valence-corrected chi connectivity index (χ1v) is 7.36. The number of carbonyl (C=O) groups is 2. The highest BCUT2D eigenvalue weighted by Crippen LogP contribution is 2.27. The zero-order valence-corrected chi connectivity index (χ0v) is 13.3. The van der Waals surface area contributed by atoms with Crippen LogP contribution in [-0.2, 0) is 35.1 Å². The van der Waals surface area contributed by atoms with Crippen molar-refractivity contribution in [3.63, 3.8) is 0 Å². The topological polar surface area (TPSA) is 112 Å². The first-order chi connectivity index (χ1) is 11.4. The third-order valence-electron chi connectivity index (χ3n) is 3.58. The molecule has 1 saturated heterocycles. The van der Waals surface area contributed by atoms with Crippen molar-refractivity contribution >= 4 is 11.9 Å². The van der Waals surface area contributed by atoms with Gasteiger partial charge in [-0.2, -0.15) is 0 Å². The van der Waals surface area contributed by atoms with Crippen LogP contribution in [-0.4, -0.2) is 60.0 Å². The van der Waals surface area contributed by atoms with Crippen LogP contribution in [0, 0.1) is 0 Å². The summed E-state index contributed by atoms with van der Waals surface area (Å²) in [5.74, 6) is -2.06. The van der Waals surface area contributed by atoms with Crippen molar-refractivity contribution in [3.8, 4) is 0 Å². The average Bonchev–Trinajstić information content (AvgIpc) is 2.55. The number of rotatable bonds is 6. The number of methoxy groups -OCH3 is 1. The largest absolute Gasteiger partial charge is 0.479 e. The van der Waals surface area contributed by atoms with Gasteiger partial charge in [0.2, 0.25) is 0 Å². The van der Waals surface area contributed by atoms with Crippen LogP contribution >= 0.6 is 0 Å². The van der Waals surface area contributed by atoms with Crippen LogP contribution in [0.2, 0.25) is 0 Å². The lowest BCUT2D eigenvalue weighted by Gasteiger charge is -2.41. The Balaban J connectivity index is 2.19. The Morgan fingerprint density at radius 1 is 1.21 bits per heavy atom. The fraction of sp³-hybridized carbons (Fsp3) is 0.500. The van der Waals surface area contributed by atoms with Gasteiger partial charge in [-0.25, -0.2) is 4.79 Å². The van der Waals surface area contributed by atoms with E-state index in [-0.39, 0.29) is 6.61 Å². The van der Waals surface area contributed by atoms with Crippen LogP contribution in [0.1, 0.15) is 12.5 Å². The molecule has 0 aliphatic carbocycles. The molecule has 1 aromatic carbocycles. The highest BCUT2D eigenvalue weighted by atomic mass is 16.7. The summed E-state index contributed by atoms with van der Waals surface area (Å²) in [7, 11) is 1.31. The first kappa shape index (κ1) is 18.3. The Morgan fingerprint density at radius 3 is 2.42 bits per heavy atom. The van der Waals surface area contributed by atoms with Gasteiger partial charge in [0.1, 0.15) is 12.2 Å². The van der Waals surface area contributed by atoms with Gasteiger partial charge in [-0.15, -0.1) is 0 Å². The van der Waals surface area contributed by atoms with Crippen LogP contribution in [0.4, 0.5) is 0 Å². The molecule has 1 aromatic rings. The second kappa shape index (κ2) is 8.20. The first-order valence-electron chi connectivity index (χ1n) is 7.36. The van der Waals surface area contributed by atoms with E-state index in [1.54, 1.807) is 0 Å². The smallest absolute Gasteiger partial charge is 0.335 e. The second-order valence-electron chi connectivity index (χ2n) is 5.32. The number of hydrogen-bond donors (Lipinski definition) is 2. The molecule has 0 bridgehead atoms. The predicted molar refractivity (Wildman–Crippen MR) is 79.9 cm³/mol. The molecule has 132 valence electrons. The summed E-state index contributed by atoms with van der Waals surface area (Å²) in [4.78, 5) is 22.6. The second-order valence-corrected chi connectivity index (χ2v) is 5.32. The quantitative estimate of drug-likeness (QED) is 0.712. The summed E-state index contributed by atoms with van der Waals surface area (Å²) in [5, 5.41) is 19.4. The molecular formula is C16H20O8. The van der Waals surface area contributed by atoms with Gasteiger partial charge in [0.05, 0.1) is 6.61 Å². The molecule has 8 nitrogen and oxygen atoms in total. The van der Waals surface area contributed by atoms with Crippen molar-refractivity contribution in [2.24, 2.45) is 0 Å². The Labute approximate surface area is 138 Å². The van der Waals surface area contributed by atoms with Gasteiger partial charge < -0.3 is 29.2 Å². The van der Waals surface area contributed by atoms with Gasteiger partial charge >= 0.3 is 11.9 Å². The Hall–Kier alpha value is -2.00. The van der Waals surface area contributed by atoms with E-state index in [9.17, 15) is 14.7 Å². The number of carboxylic acids is 1. The van der Waals surface area contributed by atoms with E-state index in [2.05, 4.69) is 0 Å². The molecule has 1 aliphatic rings. The molecule has 2 N–H and O–H groups in total. The number of hydrogen-bond acceptors (Lipinski definition) is 7. The lowest BCUT2D eigenvalue weighted by Crippen LogP contribution is -2.62. The number of carbonyl (C=O) groups excluding carboxylic acids is 1. The number of aliphatic hydroxyl groups is 1. The minimum Gasteiger partial charge on any atom is -0.479 e. The molecule has 1 aliphatic heterocycles. The summed E-state index contributed by atoms with van der Waals surface area (Å²) < 4.78 is 21.1. The van der Waals surface area contributed by atoms with Crippen molar-refractivity contribution < 1.29 is 38.7 Å². The summed E-state index contributed by atoms with van der Waals surface area (Å²) in [6.45, 7) is 1.31. The maximum atomic E-state index is 11.3.